The van der Waals surface area contributed by atoms with E-state index in [1.54, 1.807) is 0 Å². The number of hydrogen-bond donors (Lipinski definition) is 1. The molecule has 0 aromatic heterocycles. The van der Waals surface area contributed by atoms with Crippen LogP contribution in [-0.4, -0.2) is 23.4 Å². The van der Waals surface area contributed by atoms with Gasteiger partial charge in [-0.25, -0.2) is 4.39 Å². The topological polar surface area (TPSA) is 20.3 Å². The molecule has 4 heteroatoms. The van der Waals surface area contributed by atoms with Gasteiger partial charge in [0.2, 0.25) is 0 Å². The largest absolute Gasteiger partial charge is 0.335 e. The van der Waals surface area contributed by atoms with Crippen molar-refractivity contribution in [3.05, 3.63) is 29.6 Å². The molecule has 0 spiro atoms. The number of halogens is 1. The monoisotopic (exact) mass is 267 g/mol. The third-order valence-corrected chi connectivity index (χ3v) is 3.35. The zero-order valence-corrected chi connectivity index (χ0v) is 11.6. The first-order chi connectivity index (χ1) is 8.49. The van der Waals surface area contributed by atoms with Crippen LogP contribution >= 0.6 is 12.6 Å². The van der Waals surface area contributed by atoms with Gasteiger partial charge in [0.05, 0.1) is 0 Å². The number of benzene rings is 1. The third-order valence-electron chi connectivity index (χ3n) is 3.00. The molecule has 1 amide bonds. The van der Waals surface area contributed by atoms with Crippen LogP contribution in [0.15, 0.2) is 23.1 Å². The Labute approximate surface area is 113 Å². The molecule has 1 aromatic carbocycles. The minimum absolute atomic E-state index is 0.0125. The molecule has 0 saturated heterocycles. The van der Waals surface area contributed by atoms with Gasteiger partial charge in [0.15, 0.2) is 0 Å². The van der Waals surface area contributed by atoms with Gasteiger partial charge >= 0.3 is 0 Å². The summed E-state index contributed by atoms with van der Waals surface area (Å²) in [6, 6.07) is 4.72. The Balaban J connectivity index is 2.19. The molecule has 1 fully saturated rings. The lowest BCUT2D eigenvalue weighted by atomic mass is 10.1. The summed E-state index contributed by atoms with van der Waals surface area (Å²) in [5.41, 5.74) is 0.522. The summed E-state index contributed by atoms with van der Waals surface area (Å²) in [5.74, 6) is 0.0312. The van der Waals surface area contributed by atoms with Crippen LogP contribution in [0.3, 0.4) is 0 Å². The molecule has 1 saturated carbocycles. The van der Waals surface area contributed by atoms with Gasteiger partial charge in [0, 0.05) is 23.0 Å². The Morgan fingerprint density at radius 2 is 2.17 bits per heavy atom. The first-order valence-corrected chi connectivity index (χ1v) is 6.73. The first kappa shape index (κ1) is 13.4. The van der Waals surface area contributed by atoms with Crippen LogP contribution in [0.5, 0.6) is 0 Å². The van der Waals surface area contributed by atoms with E-state index in [-0.39, 0.29) is 10.8 Å². The summed E-state index contributed by atoms with van der Waals surface area (Å²) < 4.78 is 13.1. The maximum absolute atomic E-state index is 13.1. The highest BCUT2D eigenvalue weighted by atomic mass is 32.1. The Hall–Kier alpha value is -1.03. The van der Waals surface area contributed by atoms with Gasteiger partial charge in [-0.15, -0.1) is 12.6 Å². The van der Waals surface area contributed by atoms with Gasteiger partial charge in [-0.1, -0.05) is 13.8 Å². The summed E-state index contributed by atoms with van der Waals surface area (Å²) >= 11 is 4.02. The lowest BCUT2D eigenvalue weighted by Crippen LogP contribution is -2.36. The SMILES string of the molecule is CC(C)CN(C(=O)c1ccc(F)c(S)c1)C1CC1. The summed E-state index contributed by atoms with van der Waals surface area (Å²) in [6.07, 6.45) is 2.15. The molecular formula is C14H18FNOS. The molecule has 18 heavy (non-hydrogen) atoms. The van der Waals surface area contributed by atoms with Crippen molar-refractivity contribution in [2.24, 2.45) is 5.92 Å². The average molecular weight is 267 g/mol. The van der Waals surface area contributed by atoms with E-state index in [0.717, 1.165) is 19.4 Å². The van der Waals surface area contributed by atoms with E-state index in [2.05, 4.69) is 26.5 Å². The van der Waals surface area contributed by atoms with Crippen molar-refractivity contribution in [3.63, 3.8) is 0 Å². The minimum Gasteiger partial charge on any atom is -0.335 e. The van der Waals surface area contributed by atoms with Crippen LogP contribution in [0.2, 0.25) is 0 Å². The molecule has 0 unspecified atom stereocenters. The van der Waals surface area contributed by atoms with Crippen molar-refractivity contribution >= 4 is 18.5 Å². The second-order valence-corrected chi connectivity index (χ2v) is 5.73. The number of carbonyl (C=O) groups excluding carboxylic acids is 1. The van der Waals surface area contributed by atoms with Gasteiger partial charge in [-0.3, -0.25) is 4.79 Å². The molecule has 2 nitrogen and oxygen atoms in total. The number of carbonyl (C=O) groups is 1. The summed E-state index contributed by atoms with van der Waals surface area (Å²) in [7, 11) is 0. The lowest BCUT2D eigenvalue weighted by Gasteiger charge is -2.24. The zero-order valence-electron chi connectivity index (χ0n) is 10.7. The fraction of sp³-hybridized carbons (Fsp3) is 0.500. The van der Waals surface area contributed by atoms with E-state index in [1.807, 2.05) is 4.90 Å². The van der Waals surface area contributed by atoms with Gasteiger partial charge in [0.1, 0.15) is 5.82 Å². The van der Waals surface area contributed by atoms with Crippen LogP contribution in [0, 0.1) is 11.7 Å². The summed E-state index contributed by atoms with van der Waals surface area (Å²) in [4.78, 5) is 14.5. The lowest BCUT2D eigenvalue weighted by molar-refractivity contribution is 0.0722. The molecule has 1 aliphatic rings. The first-order valence-electron chi connectivity index (χ1n) is 6.28. The van der Waals surface area contributed by atoms with E-state index in [9.17, 15) is 9.18 Å². The van der Waals surface area contributed by atoms with Crippen LogP contribution in [-0.2, 0) is 0 Å². The molecule has 0 bridgehead atoms. The molecule has 0 radical (unpaired) electrons. The fourth-order valence-corrected chi connectivity index (χ4v) is 2.20. The quantitative estimate of drug-likeness (QED) is 0.829. The van der Waals surface area contributed by atoms with Crippen molar-refractivity contribution in [2.75, 3.05) is 6.54 Å². The van der Waals surface area contributed by atoms with Crippen molar-refractivity contribution < 1.29 is 9.18 Å². The van der Waals surface area contributed by atoms with Gasteiger partial charge in [0.25, 0.3) is 5.91 Å². The third kappa shape index (κ3) is 3.05. The van der Waals surface area contributed by atoms with Gasteiger partial charge < -0.3 is 4.90 Å². The Morgan fingerprint density at radius 1 is 1.50 bits per heavy atom. The van der Waals surface area contributed by atoms with Gasteiger partial charge in [-0.05, 0) is 37.0 Å². The van der Waals surface area contributed by atoms with Crippen LogP contribution in [0.1, 0.15) is 37.0 Å². The number of amides is 1. The summed E-state index contributed by atoms with van der Waals surface area (Å²) in [6.45, 7) is 4.94. The number of thiol groups is 1. The van der Waals surface area contributed by atoms with E-state index < -0.39 is 5.82 Å². The predicted octanol–water partition coefficient (Wildman–Crippen LogP) is 3.38. The standard InChI is InChI=1S/C14H18FNOS/c1-9(2)8-16(11-4-5-11)14(17)10-3-6-12(15)13(18)7-10/h3,6-7,9,11,18H,4-5,8H2,1-2H3. The number of hydrogen-bond acceptors (Lipinski definition) is 2. The van der Waals surface area contributed by atoms with Crippen molar-refractivity contribution in [1.82, 2.24) is 4.90 Å². The molecule has 0 heterocycles. The number of rotatable bonds is 4. The molecule has 98 valence electrons. The molecule has 0 atom stereocenters. The van der Waals surface area contributed by atoms with Crippen molar-refractivity contribution in [2.45, 2.75) is 37.6 Å². The zero-order chi connectivity index (χ0) is 13.3. The van der Waals surface area contributed by atoms with E-state index in [0.29, 0.717) is 17.5 Å². The van der Waals surface area contributed by atoms with Crippen molar-refractivity contribution in [3.8, 4) is 0 Å². The van der Waals surface area contributed by atoms with E-state index in [1.165, 1.54) is 18.2 Å². The van der Waals surface area contributed by atoms with Gasteiger partial charge in [-0.2, -0.15) is 0 Å². The Morgan fingerprint density at radius 3 is 2.67 bits per heavy atom. The average Bonchev–Trinajstić information content (AvgIpc) is 3.12. The minimum atomic E-state index is -0.392. The molecule has 0 aliphatic heterocycles. The van der Waals surface area contributed by atoms with Crippen molar-refractivity contribution in [1.29, 1.82) is 0 Å². The highest BCUT2D eigenvalue weighted by Crippen LogP contribution is 2.29. The van der Waals surface area contributed by atoms with E-state index >= 15 is 0 Å². The molecule has 1 aromatic rings. The van der Waals surface area contributed by atoms with Crippen LogP contribution in [0.25, 0.3) is 0 Å². The highest BCUT2D eigenvalue weighted by Gasteiger charge is 2.33. The Kier molecular flexibility index (Phi) is 3.95. The normalized spacial score (nSPS) is 14.9. The molecular weight excluding hydrogens is 249 g/mol. The smallest absolute Gasteiger partial charge is 0.254 e. The van der Waals surface area contributed by atoms with E-state index in [4.69, 9.17) is 0 Å². The second kappa shape index (κ2) is 5.31. The molecule has 2 rings (SSSR count). The maximum atomic E-state index is 13.1. The van der Waals surface area contributed by atoms with Crippen LogP contribution < -0.4 is 0 Å². The predicted molar refractivity (Wildman–Crippen MR) is 72.5 cm³/mol. The fourth-order valence-electron chi connectivity index (χ4n) is 1.99. The Bertz CT molecular complexity index is 457. The number of nitrogens with zero attached hydrogens (tertiary/aromatic N) is 1. The molecule has 0 N–H and O–H groups in total. The van der Waals surface area contributed by atoms with Crippen LogP contribution in [0.4, 0.5) is 4.39 Å². The summed E-state index contributed by atoms with van der Waals surface area (Å²) in [5, 5.41) is 0. The second-order valence-electron chi connectivity index (χ2n) is 5.25. The maximum Gasteiger partial charge on any atom is 0.254 e. The highest BCUT2D eigenvalue weighted by molar-refractivity contribution is 7.80. The molecule has 1 aliphatic carbocycles.